The topological polar surface area (TPSA) is 84.1 Å². The average molecular weight is 460 g/mol. The SMILES string of the molecule is Cc1ccccc1C(CC(=NO)c1ccc(=O)n(C)c1)c1ccc(C(=O)N2CCOCC2)cc1. The monoisotopic (exact) mass is 459 g/mol. The van der Waals surface area contributed by atoms with Crippen LogP contribution in [0.5, 0.6) is 0 Å². The minimum Gasteiger partial charge on any atom is -0.411 e. The molecule has 1 unspecified atom stereocenters. The lowest BCUT2D eigenvalue weighted by Gasteiger charge is -2.27. The molecule has 34 heavy (non-hydrogen) atoms. The first kappa shape index (κ1) is 23.4. The molecule has 176 valence electrons. The predicted molar refractivity (Wildman–Crippen MR) is 131 cm³/mol. The molecule has 1 amide bonds. The molecule has 2 heterocycles. The quantitative estimate of drug-likeness (QED) is 0.347. The number of amides is 1. The van der Waals surface area contributed by atoms with Crippen LogP contribution in [0.25, 0.3) is 0 Å². The van der Waals surface area contributed by atoms with Gasteiger partial charge in [-0.05, 0) is 41.8 Å². The largest absolute Gasteiger partial charge is 0.411 e. The van der Waals surface area contributed by atoms with E-state index in [4.69, 9.17) is 4.74 Å². The molecular formula is C27H29N3O4. The molecule has 2 aromatic carbocycles. The standard InChI is InChI=1S/C27H29N3O4/c1-19-5-3-4-6-23(19)24(17-25(28-33)22-11-12-26(31)29(2)18-22)20-7-9-21(10-8-20)27(32)30-13-15-34-16-14-30/h3-12,18,24,33H,13-17H2,1-2H3. The number of nitrogens with zero attached hydrogens (tertiary/aromatic N) is 3. The van der Waals surface area contributed by atoms with Gasteiger partial charge in [0.1, 0.15) is 0 Å². The Morgan fingerprint density at radius 2 is 1.71 bits per heavy atom. The number of morpholine rings is 1. The summed E-state index contributed by atoms with van der Waals surface area (Å²) >= 11 is 0. The molecule has 1 aliphatic heterocycles. The maximum absolute atomic E-state index is 12.9. The van der Waals surface area contributed by atoms with Crippen molar-refractivity contribution < 1.29 is 14.7 Å². The molecular weight excluding hydrogens is 430 g/mol. The van der Waals surface area contributed by atoms with Crippen LogP contribution in [0.2, 0.25) is 0 Å². The van der Waals surface area contributed by atoms with Crippen LogP contribution in [0.1, 0.15) is 45.0 Å². The van der Waals surface area contributed by atoms with Crippen LogP contribution in [0.3, 0.4) is 0 Å². The number of benzene rings is 2. The predicted octanol–water partition coefficient (Wildman–Crippen LogP) is 3.57. The molecule has 0 aliphatic carbocycles. The Morgan fingerprint density at radius 1 is 1.03 bits per heavy atom. The second-order valence-electron chi connectivity index (χ2n) is 8.55. The summed E-state index contributed by atoms with van der Waals surface area (Å²) in [5.41, 5.74) is 4.93. The lowest BCUT2D eigenvalue weighted by Crippen LogP contribution is -2.40. The van der Waals surface area contributed by atoms with Gasteiger partial charge in [-0.3, -0.25) is 9.59 Å². The van der Waals surface area contributed by atoms with Crippen LogP contribution in [0.15, 0.2) is 76.8 Å². The zero-order valence-corrected chi connectivity index (χ0v) is 19.5. The Bertz CT molecular complexity index is 1240. The summed E-state index contributed by atoms with van der Waals surface area (Å²) in [6.45, 7) is 4.38. The summed E-state index contributed by atoms with van der Waals surface area (Å²) in [6, 6.07) is 18.9. The number of carbonyl (C=O) groups excluding carboxylic acids is 1. The highest BCUT2D eigenvalue weighted by Gasteiger charge is 2.22. The van der Waals surface area contributed by atoms with Crippen LogP contribution < -0.4 is 5.56 Å². The number of ether oxygens (including phenoxy) is 1. The van der Waals surface area contributed by atoms with Crippen molar-refractivity contribution in [2.75, 3.05) is 26.3 Å². The van der Waals surface area contributed by atoms with Gasteiger partial charge in [0, 0.05) is 55.9 Å². The minimum atomic E-state index is -0.128. The van der Waals surface area contributed by atoms with Crippen molar-refractivity contribution in [2.24, 2.45) is 12.2 Å². The zero-order chi connectivity index (χ0) is 24.1. The fourth-order valence-corrected chi connectivity index (χ4v) is 4.37. The van der Waals surface area contributed by atoms with Crippen molar-refractivity contribution in [3.05, 3.63) is 105 Å². The third-order valence-electron chi connectivity index (χ3n) is 6.36. The molecule has 1 aliphatic rings. The van der Waals surface area contributed by atoms with Gasteiger partial charge in [-0.15, -0.1) is 0 Å². The minimum absolute atomic E-state index is 0.00473. The van der Waals surface area contributed by atoms with E-state index in [0.29, 0.717) is 49.6 Å². The smallest absolute Gasteiger partial charge is 0.254 e. The fraction of sp³-hybridized carbons (Fsp3) is 0.296. The van der Waals surface area contributed by atoms with Gasteiger partial charge in [-0.25, -0.2) is 0 Å². The molecule has 7 heteroatoms. The van der Waals surface area contributed by atoms with Crippen molar-refractivity contribution in [2.45, 2.75) is 19.3 Å². The normalized spacial score (nSPS) is 15.2. The summed E-state index contributed by atoms with van der Waals surface area (Å²) in [6.07, 6.45) is 2.10. The molecule has 1 N–H and O–H groups in total. The van der Waals surface area contributed by atoms with E-state index in [1.165, 1.54) is 10.6 Å². The van der Waals surface area contributed by atoms with Crippen molar-refractivity contribution >= 4 is 11.6 Å². The van der Waals surface area contributed by atoms with Gasteiger partial charge in [-0.2, -0.15) is 0 Å². The van der Waals surface area contributed by atoms with Gasteiger partial charge in [0.15, 0.2) is 0 Å². The molecule has 1 fully saturated rings. The van der Waals surface area contributed by atoms with Gasteiger partial charge in [0.2, 0.25) is 5.56 Å². The number of hydrogen-bond acceptors (Lipinski definition) is 5. The first-order chi connectivity index (χ1) is 16.5. The Balaban J connectivity index is 1.66. The summed E-state index contributed by atoms with van der Waals surface area (Å²) in [5.74, 6) is -0.0954. The molecule has 1 atom stereocenters. The Kier molecular flexibility index (Phi) is 7.23. The second kappa shape index (κ2) is 10.5. The van der Waals surface area contributed by atoms with Crippen LogP contribution in [0.4, 0.5) is 0 Å². The van der Waals surface area contributed by atoms with Crippen molar-refractivity contribution in [1.29, 1.82) is 0 Å². The summed E-state index contributed by atoms with van der Waals surface area (Å²) in [7, 11) is 1.67. The van der Waals surface area contributed by atoms with E-state index in [-0.39, 0.29) is 17.4 Å². The number of oxime groups is 1. The van der Waals surface area contributed by atoms with Crippen LogP contribution in [-0.4, -0.2) is 52.6 Å². The van der Waals surface area contributed by atoms with Crippen molar-refractivity contribution in [3.63, 3.8) is 0 Å². The van der Waals surface area contributed by atoms with E-state index in [9.17, 15) is 14.8 Å². The van der Waals surface area contributed by atoms with E-state index < -0.39 is 0 Å². The average Bonchev–Trinajstić information content (AvgIpc) is 2.87. The molecule has 4 rings (SSSR count). The van der Waals surface area contributed by atoms with Crippen molar-refractivity contribution in [1.82, 2.24) is 9.47 Å². The number of aromatic nitrogens is 1. The highest BCUT2D eigenvalue weighted by Crippen LogP contribution is 2.32. The third-order valence-corrected chi connectivity index (χ3v) is 6.36. The van der Waals surface area contributed by atoms with Crippen LogP contribution in [-0.2, 0) is 11.8 Å². The number of pyridine rings is 1. The highest BCUT2D eigenvalue weighted by atomic mass is 16.5. The van der Waals surface area contributed by atoms with E-state index in [1.54, 1.807) is 19.3 Å². The first-order valence-electron chi connectivity index (χ1n) is 11.4. The molecule has 0 spiro atoms. The van der Waals surface area contributed by atoms with Crippen LogP contribution in [0, 0.1) is 6.92 Å². The maximum Gasteiger partial charge on any atom is 0.254 e. The molecule has 0 saturated carbocycles. The molecule has 0 bridgehead atoms. The fourth-order valence-electron chi connectivity index (χ4n) is 4.37. The van der Waals surface area contributed by atoms with E-state index in [1.807, 2.05) is 41.3 Å². The first-order valence-corrected chi connectivity index (χ1v) is 11.4. The van der Waals surface area contributed by atoms with E-state index in [2.05, 4.69) is 24.2 Å². The number of hydrogen-bond donors (Lipinski definition) is 1. The van der Waals surface area contributed by atoms with E-state index in [0.717, 1.165) is 16.7 Å². The second-order valence-corrected chi connectivity index (χ2v) is 8.55. The lowest BCUT2D eigenvalue weighted by atomic mass is 9.83. The molecule has 1 aromatic heterocycles. The summed E-state index contributed by atoms with van der Waals surface area (Å²) < 4.78 is 6.82. The highest BCUT2D eigenvalue weighted by molar-refractivity contribution is 6.00. The third kappa shape index (κ3) is 5.10. The Hall–Kier alpha value is -3.71. The van der Waals surface area contributed by atoms with Crippen LogP contribution >= 0.6 is 0 Å². The number of carbonyl (C=O) groups is 1. The van der Waals surface area contributed by atoms with Crippen molar-refractivity contribution in [3.8, 4) is 0 Å². The van der Waals surface area contributed by atoms with Gasteiger partial charge in [0.05, 0.1) is 18.9 Å². The van der Waals surface area contributed by atoms with Gasteiger partial charge >= 0.3 is 0 Å². The zero-order valence-electron chi connectivity index (χ0n) is 19.5. The Labute approximate surface area is 198 Å². The molecule has 0 radical (unpaired) electrons. The maximum atomic E-state index is 12.9. The Morgan fingerprint density at radius 3 is 2.35 bits per heavy atom. The number of rotatable bonds is 6. The molecule has 7 nitrogen and oxygen atoms in total. The van der Waals surface area contributed by atoms with Gasteiger partial charge in [-0.1, -0.05) is 41.6 Å². The lowest BCUT2D eigenvalue weighted by molar-refractivity contribution is 0.0303. The summed E-state index contributed by atoms with van der Waals surface area (Å²) in [4.78, 5) is 26.5. The van der Waals surface area contributed by atoms with Gasteiger partial charge < -0.3 is 19.4 Å². The number of aryl methyl sites for hydroxylation is 2. The molecule has 1 saturated heterocycles. The molecule has 3 aromatic rings. The van der Waals surface area contributed by atoms with Gasteiger partial charge in [0.25, 0.3) is 5.91 Å². The summed E-state index contributed by atoms with van der Waals surface area (Å²) in [5, 5.41) is 13.4. The van der Waals surface area contributed by atoms with E-state index >= 15 is 0 Å².